The number of fused-ring (bicyclic) bond motifs is 1. The van der Waals surface area contributed by atoms with Crippen molar-refractivity contribution in [2.24, 2.45) is 0 Å². The van der Waals surface area contributed by atoms with E-state index in [4.69, 9.17) is 14.8 Å². The number of nitrogens with one attached hydrogen (secondary N) is 1. The smallest absolute Gasteiger partial charge is 0.320 e. The Bertz CT molecular complexity index is 1050. The highest BCUT2D eigenvalue weighted by molar-refractivity contribution is 7.20. The summed E-state index contributed by atoms with van der Waals surface area (Å²) in [7, 11) is 0. The van der Waals surface area contributed by atoms with E-state index >= 15 is 0 Å². The summed E-state index contributed by atoms with van der Waals surface area (Å²) in [6, 6.07) is 10.8. The molecule has 5 rings (SSSR count). The number of carbonyl (C=O) groups excluding carboxylic acids is 1. The molecule has 0 spiro atoms. The van der Waals surface area contributed by atoms with Crippen LogP contribution < -0.4 is 10.2 Å². The van der Waals surface area contributed by atoms with Crippen molar-refractivity contribution < 1.29 is 9.53 Å². The number of aromatic nitrogens is 3. The van der Waals surface area contributed by atoms with Crippen LogP contribution in [0.25, 0.3) is 16.2 Å². The first-order valence-corrected chi connectivity index (χ1v) is 12.4. The first-order valence-electron chi connectivity index (χ1n) is 11.6. The summed E-state index contributed by atoms with van der Waals surface area (Å²) < 4.78 is 7.07. The third kappa shape index (κ3) is 4.45. The number of hydrogen-bond donors (Lipinski definition) is 1. The van der Waals surface area contributed by atoms with Gasteiger partial charge in [-0.3, -0.25) is 9.69 Å². The number of benzene rings is 1. The number of nitrogens with zero attached hydrogens (tertiary/aromatic N) is 5. The normalized spacial score (nSPS) is 17.8. The highest BCUT2D eigenvalue weighted by Crippen LogP contribution is 2.35. The molecule has 2 aliphatic rings. The van der Waals surface area contributed by atoms with Gasteiger partial charge < -0.3 is 15.0 Å². The molecule has 3 heterocycles. The van der Waals surface area contributed by atoms with Gasteiger partial charge in [0.2, 0.25) is 10.1 Å². The van der Waals surface area contributed by atoms with Gasteiger partial charge in [-0.1, -0.05) is 54.5 Å². The maximum absolute atomic E-state index is 11.8. The number of hydrogen-bond acceptors (Lipinski definition) is 8. The Morgan fingerprint density at radius 3 is 2.62 bits per heavy atom. The molecule has 3 aromatic rings. The van der Waals surface area contributed by atoms with E-state index in [1.165, 1.54) is 25.7 Å². The molecular weight excluding hydrogens is 424 g/mol. The van der Waals surface area contributed by atoms with Crippen LogP contribution in [-0.4, -0.2) is 70.8 Å². The number of carbonyl (C=O) groups is 1. The minimum Gasteiger partial charge on any atom is -0.465 e. The molecule has 0 amide bonds. The highest BCUT2D eigenvalue weighted by atomic mass is 32.1. The Hall–Kier alpha value is -2.65. The van der Waals surface area contributed by atoms with Crippen molar-refractivity contribution in [3.63, 3.8) is 0 Å². The highest BCUT2D eigenvalue weighted by Gasteiger charge is 2.26. The van der Waals surface area contributed by atoms with Crippen LogP contribution in [0.2, 0.25) is 0 Å². The summed E-state index contributed by atoms with van der Waals surface area (Å²) in [5.41, 5.74) is 2.09. The van der Waals surface area contributed by atoms with Crippen LogP contribution in [0.5, 0.6) is 0 Å². The molecule has 2 aromatic heterocycles. The predicted molar refractivity (Wildman–Crippen MR) is 127 cm³/mol. The van der Waals surface area contributed by atoms with Crippen molar-refractivity contribution in [2.45, 2.75) is 38.6 Å². The molecule has 2 fully saturated rings. The van der Waals surface area contributed by atoms with Crippen LogP contribution in [-0.2, 0) is 9.53 Å². The van der Waals surface area contributed by atoms with E-state index in [0.29, 0.717) is 19.2 Å². The number of imidazole rings is 1. The largest absolute Gasteiger partial charge is 0.465 e. The van der Waals surface area contributed by atoms with Gasteiger partial charge in [-0.25, -0.2) is 4.98 Å². The van der Waals surface area contributed by atoms with Crippen LogP contribution in [0.3, 0.4) is 0 Å². The molecule has 0 radical (unpaired) electrons. The average molecular weight is 455 g/mol. The number of rotatable bonds is 7. The van der Waals surface area contributed by atoms with Gasteiger partial charge >= 0.3 is 5.97 Å². The molecule has 1 aliphatic heterocycles. The number of anilines is 2. The van der Waals surface area contributed by atoms with Gasteiger partial charge in [0.05, 0.1) is 13.2 Å². The van der Waals surface area contributed by atoms with Crippen LogP contribution in [0.15, 0.2) is 30.3 Å². The molecule has 0 bridgehead atoms. The van der Waals surface area contributed by atoms with Crippen LogP contribution in [0, 0.1) is 0 Å². The predicted octanol–water partition coefficient (Wildman–Crippen LogP) is 3.50. The average Bonchev–Trinajstić information content (AvgIpc) is 3.53. The lowest BCUT2D eigenvalue weighted by molar-refractivity contribution is -0.144. The Balaban J connectivity index is 1.36. The Morgan fingerprint density at radius 1 is 1.16 bits per heavy atom. The van der Waals surface area contributed by atoms with Crippen molar-refractivity contribution in [3.8, 4) is 11.3 Å². The molecule has 8 nitrogen and oxygen atoms in total. The number of piperazine rings is 1. The second kappa shape index (κ2) is 9.46. The third-order valence-corrected chi connectivity index (χ3v) is 7.21. The summed E-state index contributed by atoms with van der Waals surface area (Å²) in [5.74, 6) is 0.853. The van der Waals surface area contributed by atoms with E-state index in [1.807, 2.05) is 17.5 Å². The van der Waals surface area contributed by atoms with Gasteiger partial charge in [0.15, 0.2) is 5.82 Å². The lowest BCUT2D eigenvalue weighted by Crippen LogP contribution is -2.48. The van der Waals surface area contributed by atoms with Crippen molar-refractivity contribution in [1.29, 1.82) is 0 Å². The van der Waals surface area contributed by atoms with Gasteiger partial charge in [-0.05, 0) is 19.8 Å². The molecule has 0 unspecified atom stereocenters. The first-order chi connectivity index (χ1) is 15.7. The van der Waals surface area contributed by atoms with Gasteiger partial charge in [0, 0.05) is 37.8 Å². The van der Waals surface area contributed by atoms with Gasteiger partial charge in [0.1, 0.15) is 5.69 Å². The minimum absolute atomic E-state index is 0.148. The quantitative estimate of drug-likeness (QED) is 0.548. The Labute approximate surface area is 192 Å². The third-order valence-electron chi connectivity index (χ3n) is 6.24. The molecule has 1 saturated heterocycles. The summed E-state index contributed by atoms with van der Waals surface area (Å²) in [5, 5.41) is 9.70. The molecule has 1 N–H and O–H groups in total. The first kappa shape index (κ1) is 21.2. The van der Waals surface area contributed by atoms with E-state index < -0.39 is 0 Å². The van der Waals surface area contributed by atoms with Crippen LogP contribution in [0.4, 0.5) is 10.9 Å². The summed E-state index contributed by atoms with van der Waals surface area (Å²) in [4.78, 5) is 22.1. The van der Waals surface area contributed by atoms with Crippen LogP contribution in [0.1, 0.15) is 32.6 Å². The molecule has 0 atom stereocenters. The van der Waals surface area contributed by atoms with Crippen molar-refractivity contribution >= 4 is 33.2 Å². The van der Waals surface area contributed by atoms with Crippen molar-refractivity contribution in [2.75, 3.05) is 49.5 Å². The number of ether oxygens (including phenoxy) is 1. The standard InChI is InChI=1S/C23H30N6O2S/c1-2-31-19(30)16-27-12-14-28(15-13-27)23-26-29-21(24-18-10-6-7-11-18)20(25-22(29)32-23)17-8-4-3-5-9-17/h3-5,8-9,18,24H,2,6-7,10-16H2,1H3. The zero-order valence-electron chi connectivity index (χ0n) is 18.5. The lowest BCUT2D eigenvalue weighted by Gasteiger charge is -2.33. The van der Waals surface area contributed by atoms with E-state index in [-0.39, 0.29) is 5.97 Å². The molecular formula is C23H30N6O2S. The summed E-state index contributed by atoms with van der Waals surface area (Å²) in [6.45, 7) is 5.96. The molecule has 170 valence electrons. The Kier molecular flexibility index (Phi) is 6.27. The fraction of sp³-hybridized carbons (Fsp3) is 0.522. The van der Waals surface area contributed by atoms with Crippen molar-refractivity contribution in [3.05, 3.63) is 30.3 Å². The van der Waals surface area contributed by atoms with E-state index in [1.54, 1.807) is 11.3 Å². The zero-order chi connectivity index (χ0) is 21.9. The minimum atomic E-state index is -0.148. The molecule has 1 aliphatic carbocycles. The fourth-order valence-corrected chi connectivity index (χ4v) is 5.50. The molecule has 1 aromatic carbocycles. The van der Waals surface area contributed by atoms with E-state index in [9.17, 15) is 4.79 Å². The SMILES string of the molecule is CCOC(=O)CN1CCN(c2nn3c(NC4CCCC4)c(-c4ccccc4)nc3s2)CC1. The zero-order valence-corrected chi connectivity index (χ0v) is 19.3. The van der Waals surface area contributed by atoms with Crippen molar-refractivity contribution in [1.82, 2.24) is 19.5 Å². The Morgan fingerprint density at radius 2 is 1.91 bits per heavy atom. The summed E-state index contributed by atoms with van der Waals surface area (Å²) in [6.07, 6.45) is 4.94. The number of esters is 1. The maximum Gasteiger partial charge on any atom is 0.320 e. The van der Waals surface area contributed by atoms with Gasteiger partial charge in [-0.2, -0.15) is 4.52 Å². The summed E-state index contributed by atoms with van der Waals surface area (Å²) >= 11 is 1.63. The van der Waals surface area contributed by atoms with Gasteiger partial charge in [-0.15, -0.1) is 5.10 Å². The maximum atomic E-state index is 11.8. The van der Waals surface area contributed by atoms with Gasteiger partial charge in [0.25, 0.3) is 0 Å². The lowest BCUT2D eigenvalue weighted by atomic mass is 10.1. The van der Waals surface area contributed by atoms with E-state index in [0.717, 1.165) is 53.3 Å². The van der Waals surface area contributed by atoms with Crippen LogP contribution >= 0.6 is 11.3 Å². The monoisotopic (exact) mass is 454 g/mol. The molecule has 9 heteroatoms. The molecule has 1 saturated carbocycles. The van der Waals surface area contributed by atoms with E-state index in [2.05, 4.69) is 39.4 Å². The second-order valence-corrected chi connectivity index (χ2v) is 9.38. The second-order valence-electron chi connectivity index (χ2n) is 8.45. The molecule has 32 heavy (non-hydrogen) atoms. The fourth-order valence-electron chi connectivity index (χ4n) is 4.54. The topological polar surface area (TPSA) is 75.0 Å².